The molecule has 0 bridgehead atoms. The fourth-order valence-electron chi connectivity index (χ4n) is 3.43. The maximum atomic E-state index is 4.83. The van der Waals surface area contributed by atoms with E-state index in [4.69, 9.17) is 9.98 Å². The maximum Gasteiger partial charge on any atom is 0.0746 e. The number of aryl methyl sites for hydroxylation is 6. The van der Waals surface area contributed by atoms with Crippen molar-refractivity contribution in [3.63, 3.8) is 0 Å². The summed E-state index contributed by atoms with van der Waals surface area (Å²) >= 11 is 0. The Morgan fingerprint density at radius 3 is 1.50 bits per heavy atom. The molecule has 2 rings (SSSR count). The van der Waals surface area contributed by atoms with Gasteiger partial charge in [0.05, 0.1) is 12.1 Å². The molecular weight excluding hydrogens is 316 g/mol. The zero-order valence-corrected chi connectivity index (χ0v) is 17.6. The fourth-order valence-corrected chi connectivity index (χ4v) is 3.43. The van der Waals surface area contributed by atoms with Crippen LogP contribution < -0.4 is 0 Å². The third-order valence-electron chi connectivity index (χ3n) is 4.72. The highest BCUT2D eigenvalue weighted by molar-refractivity contribution is 5.85. The Morgan fingerprint density at radius 1 is 0.692 bits per heavy atom. The van der Waals surface area contributed by atoms with Crippen LogP contribution in [0.3, 0.4) is 0 Å². The Balaban J connectivity index is 2.15. The summed E-state index contributed by atoms with van der Waals surface area (Å²) in [4.78, 5) is 9.53. The van der Waals surface area contributed by atoms with Crippen LogP contribution in [-0.2, 0) is 0 Å². The molecule has 0 atom stereocenters. The molecule has 0 saturated heterocycles. The van der Waals surface area contributed by atoms with E-state index in [1.54, 1.807) is 0 Å². The third-order valence-corrected chi connectivity index (χ3v) is 4.72. The summed E-state index contributed by atoms with van der Waals surface area (Å²) in [5, 5.41) is 0. The number of hydrogen-bond donors (Lipinski definition) is 0. The minimum atomic E-state index is -0.229. The second-order valence-electron chi connectivity index (χ2n) is 8.17. The molecular formula is C24H32N2. The quantitative estimate of drug-likeness (QED) is 0.605. The van der Waals surface area contributed by atoms with Gasteiger partial charge in [-0.1, -0.05) is 35.4 Å². The van der Waals surface area contributed by atoms with Crippen LogP contribution in [0.15, 0.2) is 34.3 Å². The second kappa shape index (κ2) is 7.99. The lowest BCUT2D eigenvalue weighted by molar-refractivity contribution is 0.541. The molecule has 0 unspecified atom stereocenters. The van der Waals surface area contributed by atoms with Gasteiger partial charge in [0, 0.05) is 12.4 Å². The van der Waals surface area contributed by atoms with Crippen molar-refractivity contribution in [3.05, 3.63) is 68.8 Å². The molecule has 138 valence electrons. The molecule has 0 fully saturated rings. The first-order chi connectivity index (χ1) is 12.1. The predicted molar refractivity (Wildman–Crippen MR) is 115 cm³/mol. The fraction of sp³-hybridized carbons (Fsp3) is 0.417. The van der Waals surface area contributed by atoms with E-state index in [1.807, 2.05) is 12.4 Å². The first kappa shape index (κ1) is 20.1. The normalized spacial score (nSPS) is 12.5. The van der Waals surface area contributed by atoms with Crippen LogP contribution in [0, 0.1) is 41.5 Å². The standard InChI is InChI=1S/C24H32N2/c1-16-9-18(3)22(19(4)10-16)13-25-15-24(7,8)26-14-23-20(5)11-17(2)12-21(23)6/h9-14H,15H2,1-8H3. The third kappa shape index (κ3) is 5.14. The van der Waals surface area contributed by atoms with E-state index in [-0.39, 0.29) is 5.54 Å². The van der Waals surface area contributed by atoms with Gasteiger partial charge in [-0.15, -0.1) is 0 Å². The van der Waals surface area contributed by atoms with Crippen LogP contribution in [0.2, 0.25) is 0 Å². The highest BCUT2D eigenvalue weighted by Gasteiger charge is 2.15. The van der Waals surface area contributed by atoms with Crippen molar-refractivity contribution in [1.29, 1.82) is 0 Å². The van der Waals surface area contributed by atoms with Crippen LogP contribution in [0.4, 0.5) is 0 Å². The molecule has 0 radical (unpaired) electrons. The van der Waals surface area contributed by atoms with Gasteiger partial charge in [0.25, 0.3) is 0 Å². The Hall–Kier alpha value is -2.22. The van der Waals surface area contributed by atoms with Crippen LogP contribution in [0.25, 0.3) is 0 Å². The summed E-state index contributed by atoms with van der Waals surface area (Å²) in [5.74, 6) is 0. The minimum absolute atomic E-state index is 0.229. The Labute approximate surface area is 159 Å². The smallest absolute Gasteiger partial charge is 0.0746 e. The molecule has 0 N–H and O–H groups in total. The molecule has 2 aromatic carbocycles. The molecule has 0 aliphatic carbocycles. The average Bonchev–Trinajstić information content (AvgIpc) is 2.48. The van der Waals surface area contributed by atoms with Gasteiger partial charge in [0.1, 0.15) is 0 Å². The second-order valence-corrected chi connectivity index (χ2v) is 8.17. The number of rotatable bonds is 5. The zero-order chi connectivity index (χ0) is 19.5. The average molecular weight is 349 g/mol. The lowest BCUT2D eigenvalue weighted by atomic mass is 10.00. The van der Waals surface area contributed by atoms with Gasteiger partial charge in [-0.2, -0.15) is 0 Å². The molecule has 0 saturated carbocycles. The number of nitrogens with zero attached hydrogens (tertiary/aromatic N) is 2. The van der Waals surface area contributed by atoms with Gasteiger partial charge in [-0.3, -0.25) is 9.98 Å². The minimum Gasteiger partial charge on any atom is -0.290 e. The summed E-state index contributed by atoms with van der Waals surface area (Å²) < 4.78 is 0. The number of aliphatic imine (C=N–C) groups is 2. The molecule has 2 heteroatoms. The van der Waals surface area contributed by atoms with E-state index in [0.29, 0.717) is 6.54 Å². The number of hydrogen-bond acceptors (Lipinski definition) is 2. The lowest BCUT2D eigenvalue weighted by Gasteiger charge is -2.17. The van der Waals surface area contributed by atoms with E-state index in [1.165, 1.54) is 44.5 Å². The largest absolute Gasteiger partial charge is 0.290 e. The van der Waals surface area contributed by atoms with E-state index in [2.05, 4.69) is 79.7 Å². The highest BCUT2D eigenvalue weighted by atomic mass is 14.9. The molecule has 0 aromatic heterocycles. The van der Waals surface area contributed by atoms with Gasteiger partial charge in [-0.25, -0.2) is 0 Å². The van der Waals surface area contributed by atoms with Crippen molar-refractivity contribution in [2.45, 2.75) is 60.9 Å². The van der Waals surface area contributed by atoms with Gasteiger partial charge in [-0.05, 0) is 88.8 Å². The van der Waals surface area contributed by atoms with E-state index in [0.717, 1.165) is 0 Å². The summed E-state index contributed by atoms with van der Waals surface area (Å²) in [5.41, 5.74) is 9.91. The predicted octanol–water partition coefficient (Wildman–Crippen LogP) is 5.85. The first-order valence-corrected chi connectivity index (χ1v) is 9.30. The van der Waals surface area contributed by atoms with Gasteiger partial charge in [0.15, 0.2) is 0 Å². The molecule has 2 aromatic rings. The Bertz CT molecular complexity index is 808. The monoisotopic (exact) mass is 348 g/mol. The van der Waals surface area contributed by atoms with Crippen molar-refractivity contribution in [3.8, 4) is 0 Å². The summed E-state index contributed by atoms with van der Waals surface area (Å²) in [6.07, 6.45) is 4.02. The van der Waals surface area contributed by atoms with Gasteiger partial charge < -0.3 is 0 Å². The van der Waals surface area contributed by atoms with Crippen molar-refractivity contribution >= 4 is 12.4 Å². The van der Waals surface area contributed by atoms with Crippen LogP contribution >= 0.6 is 0 Å². The van der Waals surface area contributed by atoms with Crippen LogP contribution in [0.1, 0.15) is 58.4 Å². The van der Waals surface area contributed by atoms with Gasteiger partial charge >= 0.3 is 0 Å². The van der Waals surface area contributed by atoms with E-state index < -0.39 is 0 Å². The van der Waals surface area contributed by atoms with Crippen LogP contribution in [0.5, 0.6) is 0 Å². The summed E-state index contributed by atoms with van der Waals surface area (Å²) in [7, 11) is 0. The van der Waals surface area contributed by atoms with Crippen molar-refractivity contribution in [1.82, 2.24) is 0 Å². The van der Waals surface area contributed by atoms with E-state index >= 15 is 0 Å². The van der Waals surface area contributed by atoms with Crippen LogP contribution in [-0.4, -0.2) is 24.5 Å². The van der Waals surface area contributed by atoms with Crippen molar-refractivity contribution in [2.24, 2.45) is 9.98 Å². The molecule has 0 amide bonds. The summed E-state index contributed by atoms with van der Waals surface area (Å²) in [6, 6.07) is 8.84. The first-order valence-electron chi connectivity index (χ1n) is 9.30. The molecule has 0 heterocycles. The van der Waals surface area contributed by atoms with Gasteiger partial charge in [0.2, 0.25) is 0 Å². The maximum absolute atomic E-state index is 4.83. The lowest BCUT2D eigenvalue weighted by Crippen LogP contribution is -2.21. The Kier molecular flexibility index (Phi) is 6.17. The molecule has 0 aliphatic heterocycles. The summed E-state index contributed by atoms with van der Waals surface area (Å²) in [6.45, 7) is 17.8. The molecule has 0 spiro atoms. The van der Waals surface area contributed by atoms with Crippen molar-refractivity contribution in [2.75, 3.05) is 6.54 Å². The number of benzene rings is 2. The van der Waals surface area contributed by atoms with Crippen molar-refractivity contribution < 1.29 is 0 Å². The highest BCUT2D eigenvalue weighted by Crippen LogP contribution is 2.17. The Morgan fingerprint density at radius 2 is 1.08 bits per heavy atom. The SMILES string of the molecule is Cc1cc(C)c(C=NCC(C)(C)N=Cc2c(C)cc(C)cc2C)c(C)c1. The molecule has 26 heavy (non-hydrogen) atoms. The zero-order valence-electron chi connectivity index (χ0n) is 17.6. The molecule has 0 aliphatic rings. The molecule has 2 nitrogen and oxygen atoms in total. The van der Waals surface area contributed by atoms with E-state index in [9.17, 15) is 0 Å². The topological polar surface area (TPSA) is 24.7 Å².